The zero-order valence-electron chi connectivity index (χ0n) is 9.38. The lowest BCUT2D eigenvalue weighted by atomic mass is 10.2. The van der Waals surface area contributed by atoms with Crippen molar-refractivity contribution in [3.63, 3.8) is 0 Å². The van der Waals surface area contributed by atoms with Crippen molar-refractivity contribution in [1.29, 1.82) is 0 Å². The predicted molar refractivity (Wildman–Crippen MR) is 64.3 cm³/mol. The van der Waals surface area contributed by atoms with E-state index in [-0.39, 0.29) is 12.0 Å². The number of hydrogen-bond donors (Lipinski definition) is 0. The van der Waals surface area contributed by atoms with Crippen molar-refractivity contribution in [2.75, 3.05) is 25.0 Å². The lowest BCUT2D eigenvalue weighted by molar-refractivity contribution is -0.140. The van der Waals surface area contributed by atoms with Crippen LogP contribution in [0.1, 0.15) is 32.6 Å². The molecule has 1 aliphatic heterocycles. The molecule has 0 bridgehead atoms. The van der Waals surface area contributed by atoms with Crippen molar-refractivity contribution in [3.05, 3.63) is 0 Å². The molecule has 4 heteroatoms. The van der Waals surface area contributed by atoms with E-state index in [0.29, 0.717) is 0 Å². The number of nitrogens with zero attached hydrogens (tertiary/aromatic N) is 1. The third kappa shape index (κ3) is 4.11. The maximum absolute atomic E-state index is 12.0. The lowest BCUT2D eigenvalue weighted by Crippen LogP contribution is -2.40. The van der Waals surface area contributed by atoms with Crippen molar-refractivity contribution in [3.8, 4) is 0 Å². The Morgan fingerprint density at radius 1 is 1.53 bits per heavy atom. The minimum Gasteiger partial charge on any atom is -0.368 e. The standard InChI is InChI=1S/C11H20BrNO2/c1-2-3-7-13(8-6-12)11(14)10-5-4-9-15-10/h10H,2-9H2,1H3. The molecule has 1 saturated heterocycles. The molecular weight excluding hydrogens is 258 g/mol. The van der Waals surface area contributed by atoms with Crippen molar-refractivity contribution in [2.24, 2.45) is 0 Å². The van der Waals surface area contributed by atoms with Crippen LogP contribution in [-0.4, -0.2) is 41.9 Å². The highest BCUT2D eigenvalue weighted by atomic mass is 79.9. The van der Waals surface area contributed by atoms with Crippen LogP contribution in [0.15, 0.2) is 0 Å². The number of carbonyl (C=O) groups excluding carboxylic acids is 1. The minimum atomic E-state index is -0.166. The second-order valence-electron chi connectivity index (χ2n) is 3.87. The number of rotatable bonds is 6. The Kier molecular flexibility index (Phi) is 6.25. The van der Waals surface area contributed by atoms with Crippen LogP contribution in [0.2, 0.25) is 0 Å². The number of halogens is 1. The van der Waals surface area contributed by atoms with E-state index in [9.17, 15) is 4.79 Å². The molecule has 1 rings (SSSR count). The van der Waals surface area contributed by atoms with Crippen molar-refractivity contribution in [2.45, 2.75) is 38.7 Å². The number of amides is 1. The van der Waals surface area contributed by atoms with Crippen LogP contribution in [-0.2, 0) is 9.53 Å². The summed E-state index contributed by atoms with van der Waals surface area (Å²) < 4.78 is 5.42. The quantitative estimate of drug-likeness (QED) is 0.697. The molecule has 0 aliphatic carbocycles. The zero-order chi connectivity index (χ0) is 11.1. The summed E-state index contributed by atoms with van der Waals surface area (Å²) in [6.45, 7) is 4.54. The zero-order valence-corrected chi connectivity index (χ0v) is 11.0. The molecule has 0 aromatic heterocycles. The summed E-state index contributed by atoms with van der Waals surface area (Å²) in [4.78, 5) is 13.9. The number of ether oxygens (including phenoxy) is 1. The molecule has 0 saturated carbocycles. The average molecular weight is 278 g/mol. The van der Waals surface area contributed by atoms with E-state index in [1.165, 1.54) is 0 Å². The van der Waals surface area contributed by atoms with Crippen LogP contribution in [0.4, 0.5) is 0 Å². The van der Waals surface area contributed by atoms with E-state index >= 15 is 0 Å². The van der Waals surface area contributed by atoms with Crippen LogP contribution in [0, 0.1) is 0 Å². The van der Waals surface area contributed by atoms with Crippen LogP contribution in [0.25, 0.3) is 0 Å². The van der Waals surface area contributed by atoms with Gasteiger partial charge in [0.1, 0.15) is 6.10 Å². The Hall–Kier alpha value is -0.0900. The van der Waals surface area contributed by atoms with E-state index in [0.717, 1.165) is 50.7 Å². The highest BCUT2D eigenvalue weighted by molar-refractivity contribution is 9.09. The second kappa shape index (κ2) is 7.23. The predicted octanol–water partition coefficient (Wildman–Crippen LogP) is 2.19. The highest BCUT2D eigenvalue weighted by Crippen LogP contribution is 2.15. The Balaban J connectivity index is 2.41. The molecule has 1 amide bonds. The number of alkyl halides is 1. The molecule has 3 nitrogen and oxygen atoms in total. The van der Waals surface area contributed by atoms with E-state index in [2.05, 4.69) is 22.9 Å². The van der Waals surface area contributed by atoms with Gasteiger partial charge in [-0.3, -0.25) is 4.79 Å². The summed E-state index contributed by atoms with van der Waals surface area (Å²) in [6, 6.07) is 0. The van der Waals surface area contributed by atoms with Gasteiger partial charge in [-0.25, -0.2) is 0 Å². The van der Waals surface area contributed by atoms with Gasteiger partial charge in [-0.2, -0.15) is 0 Å². The first-order chi connectivity index (χ1) is 7.29. The SMILES string of the molecule is CCCCN(CCBr)C(=O)C1CCCO1. The molecule has 0 radical (unpaired) electrons. The normalized spacial score (nSPS) is 20.5. The Bertz CT molecular complexity index is 193. The Labute approximate surface area is 100 Å². The van der Waals surface area contributed by atoms with Gasteiger partial charge in [-0.1, -0.05) is 29.3 Å². The summed E-state index contributed by atoms with van der Waals surface area (Å²) >= 11 is 3.38. The maximum Gasteiger partial charge on any atom is 0.251 e. The lowest BCUT2D eigenvalue weighted by Gasteiger charge is -2.24. The third-order valence-corrected chi connectivity index (χ3v) is 3.01. The van der Waals surface area contributed by atoms with Gasteiger partial charge in [0.05, 0.1) is 0 Å². The molecule has 15 heavy (non-hydrogen) atoms. The largest absolute Gasteiger partial charge is 0.368 e. The minimum absolute atomic E-state index is 0.166. The van der Waals surface area contributed by atoms with Crippen LogP contribution in [0.3, 0.4) is 0 Å². The molecule has 1 aliphatic rings. The van der Waals surface area contributed by atoms with Gasteiger partial charge in [-0.05, 0) is 19.3 Å². The first-order valence-electron chi connectivity index (χ1n) is 5.76. The van der Waals surface area contributed by atoms with Gasteiger partial charge in [-0.15, -0.1) is 0 Å². The van der Waals surface area contributed by atoms with E-state index in [4.69, 9.17) is 4.74 Å². The van der Waals surface area contributed by atoms with Crippen molar-refractivity contribution >= 4 is 21.8 Å². The number of hydrogen-bond acceptors (Lipinski definition) is 2. The Morgan fingerprint density at radius 3 is 2.87 bits per heavy atom. The maximum atomic E-state index is 12.0. The molecule has 0 aromatic rings. The molecule has 0 N–H and O–H groups in total. The summed E-state index contributed by atoms with van der Waals surface area (Å²) in [6.07, 6.45) is 3.94. The van der Waals surface area contributed by atoms with Crippen molar-refractivity contribution < 1.29 is 9.53 Å². The molecule has 1 fully saturated rings. The summed E-state index contributed by atoms with van der Waals surface area (Å²) in [7, 11) is 0. The summed E-state index contributed by atoms with van der Waals surface area (Å²) in [5, 5.41) is 0.842. The van der Waals surface area contributed by atoms with Gasteiger partial charge in [0, 0.05) is 25.0 Å². The Morgan fingerprint density at radius 2 is 2.33 bits per heavy atom. The van der Waals surface area contributed by atoms with E-state index < -0.39 is 0 Å². The van der Waals surface area contributed by atoms with Gasteiger partial charge in [0.15, 0.2) is 0 Å². The molecule has 1 heterocycles. The number of carbonyl (C=O) groups is 1. The fraction of sp³-hybridized carbons (Fsp3) is 0.909. The topological polar surface area (TPSA) is 29.5 Å². The monoisotopic (exact) mass is 277 g/mol. The molecule has 0 aromatic carbocycles. The molecular formula is C11H20BrNO2. The third-order valence-electron chi connectivity index (χ3n) is 2.65. The van der Waals surface area contributed by atoms with Gasteiger partial charge in [0.25, 0.3) is 5.91 Å². The van der Waals surface area contributed by atoms with Crippen LogP contribution < -0.4 is 0 Å². The first kappa shape index (κ1) is 13.0. The van der Waals surface area contributed by atoms with Gasteiger partial charge >= 0.3 is 0 Å². The number of unbranched alkanes of at least 4 members (excludes halogenated alkanes) is 1. The van der Waals surface area contributed by atoms with Gasteiger partial charge < -0.3 is 9.64 Å². The van der Waals surface area contributed by atoms with Crippen molar-refractivity contribution in [1.82, 2.24) is 4.90 Å². The second-order valence-corrected chi connectivity index (χ2v) is 4.66. The van der Waals surface area contributed by atoms with E-state index in [1.807, 2.05) is 4.90 Å². The van der Waals surface area contributed by atoms with E-state index in [1.54, 1.807) is 0 Å². The van der Waals surface area contributed by atoms with Crippen LogP contribution in [0.5, 0.6) is 0 Å². The average Bonchev–Trinajstić information content (AvgIpc) is 2.76. The molecule has 1 unspecified atom stereocenters. The molecule has 1 atom stereocenters. The molecule has 0 spiro atoms. The smallest absolute Gasteiger partial charge is 0.251 e. The first-order valence-corrected chi connectivity index (χ1v) is 6.88. The van der Waals surface area contributed by atoms with Gasteiger partial charge in [0.2, 0.25) is 0 Å². The summed E-state index contributed by atoms with van der Waals surface area (Å²) in [5.74, 6) is 0.181. The summed E-state index contributed by atoms with van der Waals surface area (Å²) in [5.41, 5.74) is 0. The fourth-order valence-corrected chi connectivity index (χ4v) is 2.19. The fourth-order valence-electron chi connectivity index (χ4n) is 1.76. The van der Waals surface area contributed by atoms with Crippen LogP contribution >= 0.6 is 15.9 Å². The highest BCUT2D eigenvalue weighted by Gasteiger charge is 2.27. The molecule has 88 valence electrons.